The molecule has 0 radical (unpaired) electrons. The van der Waals surface area contributed by atoms with Crippen LogP contribution in [0.15, 0.2) is 9.59 Å². The van der Waals surface area contributed by atoms with Crippen LogP contribution >= 0.6 is 0 Å². The van der Waals surface area contributed by atoms with E-state index in [4.69, 9.17) is 5.73 Å². The van der Waals surface area contributed by atoms with Crippen LogP contribution in [0.1, 0.15) is 52.4 Å². The van der Waals surface area contributed by atoms with E-state index in [1.54, 1.807) is 0 Å². The number of anilines is 2. The molecule has 2 aromatic rings. The summed E-state index contributed by atoms with van der Waals surface area (Å²) in [4.78, 5) is 29.1. The van der Waals surface area contributed by atoms with Gasteiger partial charge in [-0.2, -0.15) is 0 Å². The van der Waals surface area contributed by atoms with Gasteiger partial charge in [-0.3, -0.25) is 14.3 Å². The molecule has 0 saturated heterocycles. The molecule has 1 fully saturated rings. The minimum atomic E-state index is -0.484. The summed E-state index contributed by atoms with van der Waals surface area (Å²) in [6, 6.07) is 0.335. The molecule has 3 rings (SSSR count). The summed E-state index contributed by atoms with van der Waals surface area (Å²) < 4.78 is 3.25. The number of nitrogen functional groups attached to an aromatic ring is 1. The van der Waals surface area contributed by atoms with Crippen molar-refractivity contribution >= 4 is 11.5 Å². The number of aromatic amines is 1. The van der Waals surface area contributed by atoms with Gasteiger partial charge in [0.25, 0.3) is 5.56 Å². The lowest BCUT2D eigenvalue weighted by atomic mass is 10.2. The number of hydrogen-bond acceptors (Lipinski definition) is 7. The van der Waals surface area contributed by atoms with E-state index < -0.39 is 11.2 Å². The van der Waals surface area contributed by atoms with Crippen molar-refractivity contribution in [2.45, 2.75) is 59.7 Å². The number of hydrogen-bond donors (Lipinski definition) is 2. The van der Waals surface area contributed by atoms with Crippen LogP contribution in [0.25, 0.3) is 0 Å². The van der Waals surface area contributed by atoms with Gasteiger partial charge in [0.15, 0.2) is 5.82 Å². The van der Waals surface area contributed by atoms with Crippen molar-refractivity contribution in [2.24, 2.45) is 11.8 Å². The zero-order valence-electron chi connectivity index (χ0n) is 16.3. The Morgan fingerprint density at radius 2 is 1.93 bits per heavy atom. The molecule has 1 aliphatic rings. The number of rotatable bonds is 8. The smallest absolute Gasteiger partial charge is 0.330 e. The van der Waals surface area contributed by atoms with E-state index in [-0.39, 0.29) is 17.7 Å². The van der Waals surface area contributed by atoms with Crippen LogP contribution in [0.5, 0.6) is 0 Å². The van der Waals surface area contributed by atoms with Crippen molar-refractivity contribution in [2.75, 3.05) is 17.2 Å². The van der Waals surface area contributed by atoms with Crippen molar-refractivity contribution in [3.05, 3.63) is 26.7 Å². The maximum absolute atomic E-state index is 12.6. The second-order valence-electron chi connectivity index (χ2n) is 8.04. The second kappa shape index (κ2) is 7.53. The average Bonchev–Trinajstić information content (AvgIpc) is 3.30. The van der Waals surface area contributed by atoms with E-state index in [0.29, 0.717) is 37.2 Å². The molecule has 0 atom stereocenters. The van der Waals surface area contributed by atoms with Gasteiger partial charge in [-0.25, -0.2) is 9.48 Å². The van der Waals surface area contributed by atoms with Gasteiger partial charge in [-0.05, 0) is 35.1 Å². The SMILES string of the molecule is CC(C)CN(Cc1nnnn1C1CC1)c1c(N)n(CC(C)C)c(=O)[nH]c1=O. The molecular formula is C17H28N8O2. The van der Waals surface area contributed by atoms with Crippen LogP contribution in [0.2, 0.25) is 0 Å². The Balaban J connectivity index is 2.03. The van der Waals surface area contributed by atoms with E-state index in [2.05, 4.69) is 34.4 Å². The number of nitrogens with zero attached hydrogens (tertiary/aromatic N) is 6. The molecule has 27 heavy (non-hydrogen) atoms. The Morgan fingerprint density at radius 1 is 1.22 bits per heavy atom. The Labute approximate surface area is 157 Å². The number of aromatic nitrogens is 6. The van der Waals surface area contributed by atoms with Gasteiger partial charge >= 0.3 is 5.69 Å². The summed E-state index contributed by atoms with van der Waals surface area (Å²) in [6.45, 7) is 9.48. The molecule has 1 saturated carbocycles. The largest absolute Gasteiger partial charge is 0.383 e. The Morgan fingerprint density at radius 3 is 2.52 bits per heavy atom. The molecule has 2 aromatic heterocycles. The fourth-order valence-electron chi connectivity index (χ4n) is 3.19. The Bertz CT molecular complexity index is 906. The van der Waals surface area contributed by atoms with Gasteiger partial charge in [0.1, 0.15) is 11.5 Å². The van der Waals surface area contributed by atoms with Gasteiger partial charge in [0.05, 0.1) is 12.6 Å². The molecule has 0 amide bonds. The quantitative estimate of drug-likeness (QED) is 0.696. The van der Waals surface area contributed by atoms with Crippen molar-refractivity contribution < 1.29 is 0 Å². The average molecular weight is 376 g/mol. The Hall–Kier alpha value is -2.65. The van der Waals surface area contributed by atoms with Gasteiger partial charge in [-0.1, -0.05) is 27.7 Å². The van der Waals surface area contributed by atoms with Crippen LogP contribution < -0.4 is 21.9 Å². The van der Waals surface area contributed by atoms with Gasteiger partial charge in [0.2, 0.25) is 0 Å². The number of nitrogens with one attached hydrogen (secondary N) is 1. The third-order valence-electron chi connectivity index (χ3n) is 4.45. The molecule has 0 unspecified atom stereocenters. The van der Waals surface area contributed by atoms with Crippen LogP contribution in [0, 0.1) is 11.8 Å². The molecule has 1 aliphatic carbocycles. The van der Waals surface area contributed by atoms with Crippen LogP contribution in [0.4, 0.5) is 11.5 Å². The third-order valence-corrected chi connectivity index (χ3v) is 4.45. The number of nitrogens with two attached hydrogens (primary N) is 1. The normalized spacial score (nSPS) is 14.3. The first-order valence-corrected chi connectivity index (χ1v) is 9.42. The van der Waals surface area contributed by atoms with Gasteiger partial charge < -0.3 is 10.6 Å². The summed E-state index contributed by atoms with van der Waals surface area (Å²) in [7, 11) is 0. The highest BCUT2D eigenvalue weighted by atomic mass is 16.2. The summed E-state index contributed by atoms with van der Waals surface area (Å²) in [6.07, 6.45) is 2.12. The summed E-state index contributed by atoms with van der Waals surface area (Å²) in [5.41, 5.74) is 5.63. The number of H-pyrrole nitrogens is 1. The standard InChI is InChI=1S/C17H28N8O2/c1-10(2)7-23(9-13-20-21-22-25(13)12-5-6-12)14-15(18)24(8-11(3)4)17(27)19-16(14)26/h10-12H,5-9,18H2,1-4H3,(H,19,26,27). The van der Waals surface area contributed by atoms with E-state index in [1.165, 1.54) is 4.57 Å². The second-order valence-corrected chi connectivity index (χ2v) is 8.04. The van der Waals surface area contributed by atoms with Crippen molar-refractivity contribution in [3.8, 4) is 0 Å². The van der Waals surface area contributed by atoms with Gasteiger partial charge in [-0.15, -0.1) is 5.10 Å². The molecule has 148 valence electrons. The zero-order valence-corrected chi connectivity index (χ0v) is 16.3. The van der Waals surface area contributed by atoms with E-state index in [1.807, 2.05) is 23.4 Å². The maximum Gasteiger partial charge on any atom is 0.330 e. The predicted octanol–water partition coefficient (Wildman–Crippen LogP) is 0.759. The van der Waals surface area contributed by atoms with Crippen molar-refractivity contribution in [1.82, 2.24) is 29.8 Å². The van der Waals surface area contributed by atoms with Crippen molar-refractivity contribution in [3.63, 3.8) is 0 Å². The van der Waals surface area contributed by atoms with E-state index >= 15 is 0 Å². The first-order valence-electron chi connectivity index (χ1n) is 9.42. The minimum Gasteiger partial charge on any atom is -0.383 e. The molecule has 0 aromatic carbocycles. The van der Waals surface area contributed by atoms with Crippen LogP contribution in [-0.2, 0) is 13.1 Å². The van der Waals surface area contributed by atoms with E-state index in [0.717, 1.165) is 12.8 Å². The Kier molecular flexibility index (Phi) is 5.33. The van der Waals surface area contributed by atoms with Crippen LogP contribution in [-0.4, -0.2) is 36.3 Å². The lowest BCUT2D eigenvalue weighted by Gasteiger charge is -2.27. The molecule has 10 heteroatoms. The molecule has 0 spiro atoms. The molecule has 2 heterocycles. The first-order chi connectivity index (χ1) is 12.8. The third kappa shape index (κ3) is 4.20. The minimum absolute atomic E-state index is 0.184. The fourth-order valence-corrected chi connectivity index (χ4v) is 3.19. The molecule has 0 aliphatic heterocycles. The van der Waals surface area contributed by atoms with E-state index in [9.17, 15) is 9.59 Å². The highest BCUT2D eigenvalue weighted by molar-refractivity contribution is 5.62. The maximum atomic E-state index is 12.6. The zero-order chi connectivity index (χ0) is 19.7. The highest BCUT2D eigenvalue weighted by Crippen LogP contribution is 2.34. The molecule has 0 bridgehead atoms. The summed E-state index contributed by atoms with van der Waals surface area (Å²) >= 11 is 0. The lowest BCUT2D eigenvalue weighted by Crippen LogP contribution is -2.40. The van der Waals surface area contributed by atoms with Gasteiger partial charge in [0, 0.05) is 13.1 Å². The first kappa shape index (κ1) is 19.1. The van der Waals surface area contributed by atoms with Crippen LogP contribution in [0.3, 0.4) is 0 Å². The number of tetrazole rings is 1. The van der Waals surface area contributed by atoms with Crippen molar-refractivity contribution in [1.29, 1.82) is 0 Å². The summed E-state index contributed by atoms with van der Waals surface area (Å²) in [5, 5.41) is 12.0. The molecule has 10 nitrogen and oxygen atoms in total. The highest BCUT2D eigenvalue weighted by Gasteiger charge is 2.29. The lowest BCUT2D eigenvalue weighted by molar-refractivity contribution is 0.504. The fraction of sp³-hybridized carbons (Fsp3) is 0.706. The topological polar surface area (TPSA) is 128 Å². The summed E-state index contributed by atoms with van der Waals surface area (Å²) in [5.74, 6) is 1.37. The molecular weight excluding hydrogens is 348 g/mol. The molecule has 3 N–H and O–H groups in total. The monoisotopic (exact) mass is 376 g/mol. The predicted molar refractivity (Wildman–Crippen MR) is 103 cm³/mol.